The topological polar surface area (TPSA) is 116 Å². The van der Waals surface area contributed by atoms with Crippen molar-refractivity contribution in [2.45, 2.75) is 17.9 Å². The van der Waals surface area contributed by atoms with Crippen LogP contribution in [0, 0.1) is 18.3 Å². The maximum absolute atomic E-state index is 12.7. The van der Waals surface area contributed by atoms with Gasteiger partial charge in [0.25, 0.3) is 0 Å². The third-order valence-electron chi connectivity index (χ3n) is 3.41. The van der Waals surface area contributed by atoms with E-state index in [0.717, 1.165) is 4.31 Å². The van der Waals surface area contributed by atoms with Crippen molar-refractivity contribution in [1.82, 2.24) is 9.62 Å². The van der Waals surface area contributed by atoms with Crippen LogP contribution >= 0.6 is 0 Å². The third-order valence-corrected chi connectivity index (χ3v) is 5.48. The Hall–Kier alpha value is -1.95. The van der Waals surface area contributed by atoms with Crippen LogP contribution < -0.4 is 11.1 Å². The summed E-state index contributed by atoms with van der Waals surface area (Å²) in [6, 6.07) is 5.40. The highest BCUT2D eigenvalue weighted by molar-refractivity contribution is 7.89. The largest absolute Gasteiger partial charge is 0.368 e. The summed E-state index contributed by atoms with van der Waals surface area (Å²) < 4.78 is 26.6. The van der Waals surface area contributed by atoms with Crippen LogP contribution in [0.25, 0.3) is 0 Å². The van der Waals surface area contributed by atoms with Gasteiger partial charge in [-0.15, -0.1) is 0 Å². The Morgan fingerprint density at radius 3 is 2.81 bits per heavy atom. The molecule has 0 radical (unpaired) electrons. The molecule has 1 aromatic carbocycles. The number of nitrogens with one attached hydrogen (secondary N) is 1. The average Bonchev–Trinajstić information content (AvgIpc) is 2.46. The van der Waals surface area contributed by atoms with E-state index < -0.39 is 22.0 Å². The van der Waals surface area contributed by atoms with Gasteiger partial charge < -0.3 is 11.1 Å². The van der Waals surface area contributed by atoms with Gasteiger partial charge in [0.05, 0.1) is 16.5 Å². The van der Waals surface area contributed by atoms with Gasteiger partial charge in [-0.05, 0) is 30.7 Å². The fraction of sp³-hybridized carbons (Fsp3) is 0.385. The van der Waals surface area contributed by atoms with E-state index in [4.69, 9.17) is 11.0 Å². The van der Waals surface area contributed by atoms with Crippen molar-refractivity contribution in [3.63, 3.8) is 0 Å². The molecule has 0 saturated carbocycles. The normalized spacial score (nSPS) is 19.9. The molecule has 1 aliphatic rings. The van der Waals surface area contributed by atoms with Gasteiger partial charge in [0.15, 0.2) is 0 Å². The number of sulfonamides is 1. The second kappa shape index (κ2) is 5.81. The van der Waals surface area contributed by atoms with Crippen LogP contribution in [0.3, 0.4) is 0 Å². The molecular weight excluding hydrogens is 292 g/mol. The van der Waals surface area contributed by atoms with Gasteiger partial charge in [0, 0.05) is 19.6 Å². The fourth-order valence-electron chi connectivity index (χ4n) is 2.35. The van der Waals surface area contributed by atoms with Crippen molar-refractivity contribution >= 4 is 15.9 Å². The SMILES string of the molecule is Cc1cc(C#N)ccc1S(=O)(=O)N1CCNCC1C(N)=O. The summed E-state index contributed by atoms with van der Waals surface area (Å²) in [5, 5.41) is 11.8. The quantitative estimate of drug-likeness (QED) is 0.767. The van der Waals surface area contributed by atoms with Gasteiger partial charge in [0.1, 0.15) is 6.04 Å². The maximum atomic E-state index is 12.7. The van der Waals surface area contributed by atoms with Crippen molar-refractivity contribution in [2.75, 3.05) is 19.6 Å². The molecule has 1 aliphatic heterocycles. The van der Waals surface area contributed by atoms with Crippen LogP contribution in [0.5, 0.6) is 0 Å². The number of piperazine rings is 1. The summed E-state index contributed by atoms with van der Waals surface area (Å²) in [5.74, 6) is -0.683. The predicted octanol–water partition coefficient (Wildman–Crippen LogP) is -0.685. The summed E-state index contributed by atoms with van der Waals surface area (Å²) in [6.45, 7) is 2.45. The molecule has 1 amide bonds. The summed E-state index contributed by atoms with van der Waals surface area (Å²) in [6.07, 6.45) is 0. The molecule has 1 unspecified atom stereocenters. The first-order valence-corrected chi connectivity index (χ1v) is 7.84. The Bertz CT molecular complexity index is 709. The van der Waals surface area contributed by atoms with E-state index in [1.807, 2.05) is 6.07 Å². The summed E-state index contributed by atoms with van der Waals surface area (Å²) in [4.78, 5) is 11.6. The Kier molecular flexibility index (Phi) is 4.27. The Morgan fingerprint density at radius 2 is 2.24 bits per heavy atom. The molecule has 21 heavy (non-hydrogen) atoms. The molecule has 112 valence electrons. The molecule has 0 aliphatic carbocycles. The molecule has 2 rings (SSSR count). The van der Waals surface area contributed by atoms with E-state index in [-0.39, 0.29) is 18.0 Å². The summed E-state index contributed by atoms with van der Waals surface area (Å²) >= 11 is 0. The highest BCUT2D eigenvalue weighted by Gasteiger charge is 2.37. The zero-order valence-electron chi connectivity index (χ0n) is 11.5. The smallest absolute Gasteiger partial charge is 0.244 e. The highest BCUT2D eigenvalue weighted by Crippen LogP contribution is 2.23. The number of rotatable bonds is 3. The van der Waals surface area contributed by atoms with Crippen LogP contribution in [-0.4, -0.2) is 44.3 Å². The van der Waals surface area contributed by atoms with Crippen molar-refractivity contribution in [3.05, 3.63) is 29.3 Å². The number of carbonyl (C=O) groups is 1. The lowest BCUT2D eigenvalue weighted by molar-refractivity contribution is -0.122. The van der Waals surface area contributed by atoms with E-state index in [0.29, 0.717) is 17.7 Å². The predicted molar refractivity (Wildman–Crippen MR) is 75.6 cm³/mol. The molecule has 3 N–H and O–H groups in total. The molecule has 1 aromatic rings. The monoisotopic (exact) mass is 308 g/mol. The Labute approximate surface area is 123 Å². The molecule has 1 atom stereocenters. The minimum absolute atomic E-state index is 0.0923. The first-order valence-electron chi connectivity index (χ1n) is 6.40. The van der Waals surface area contributed by atoms with Gasteiger partial charge in [-0.25, -0.2) is 8.42 Å². The van der Waals surface area contributed by atoms with Gasteiger partial charge in [-0.1, -0.05) is 0 Å². The standard InChI is InChI=1S/C13H16N4O3S/c1-9-6-10(7-14)2-3-12(9)21(19,20)17-5-4-16-8-11(17)13(15)18/h2-3,6,11,16H,4-5,8H2,1H3,(H2,15,18). The Morgan fingerprint density at radius 1 is 1.52 bits per heavy atom. The first kappa shape index (κ1) is 15.4. The lowest BCUT2D eigenvalue weighted by Crippen LogP contribution is -2.58. The first-order chi connectivity index (χ1) is 9.87. The molecule has 0 spiro atoms. The minimum atomic E-state index is -3.83. The minimum Gasteiger partial charge on any atom is -0.368 e. The number of nitriles is 1. The van der Waals surface area contributed by atoms with E-state index in [2.05, 4.69) is 5.32 Å². The molecule has 0 bridgehead atoms. The number of aryl methyl sites for hydroxylation is 1. The van der Waals surface area contributed by atoms with Crippen LogP contribution in [0.4, 0.5) is 0 Å². The lowest BCUT2D eigenvalue weighted by Gasteiger charge is -2.33. The van der Waals surface area contributed by atoms with Crippen LogP contribution in [-0.2, 0) is 14.8 Å². The molecule has 1 fully saturated rings. The van der Waals surface area contributed by atoms with Gasteiger partial charge in [-0.2, -0.15) is 9.57 Å². The lowest BCUT2D eigenvalue weighted by atomic mass is 10.2. The summed E-state index contributed by atoms with van der Waals surface area (Å²) in [5.41, 5.74) is 6.14. The van der Waals surface area contributed by atoms with Crippen molar-refractivity contribution < 1.29 is 13.2 Å². The number of benzene rings is 1. The average molecular weight is 308 g/mol. The van der Waals surface area contributed by atoms with Crippen molar-refractivity contribution in [1.29, 1.82) is 5.26 Å². The van der Waals surface area contributed by atoms with Crippen molar-refractivity contribution in [3.8, 4) is 6.07 Å². The summed E-state index contributed by atoms with van der Waals surface area (Å²) in [7, 11) is -3.83. The number of nitrogens with zero attached hydrogens (tertiary/aromatic N) is 2. The van der Waals surface area contributed by atoms with Gasteiger partial charge in [0.2, 0.25) is 15.9 Å². The number of primary amides is 1. The van der Waals surface area contributed by atoms with Crippen LogP contribution in [0.2, 0.25) is 0 Å². The fourth-order valence-corrected chi connectivity index (χ4v) is 4.15. The molecule has 1 heterocycles. The second-order valence-corrected chi connectivity index (χ2v) is 6.69. The number of hydrogen-bond acceptors (Lipinski definition) is 5. The zero-order chi connectivity index (χ0) is 15.6. The maximum Gasteiger partial charge on any atom is 0.244 e. The van der Waals surface area contributed by atoms with E-state index in [1.165, 1.54) is 18.2 Å². The van der Waals surface area contributed by atoms with Gasteiger partial charge in [-0.3, -0.25) is 4.79 Å². The second-order valence-electron chi connectivity index (χ2n) is 4.83. The number of carbonyl (C=O) groups excluding carboxylic acids is 1. The van der Waals surface area contributed by atoms with E-state index in [9.17, 15) is 13.2 Å². The third kappa shape index (κ3) is 2.90. The number of hydrogen-bond donors (Lipinski definition) is 2. The van der Waals surface area contributed by atoms with Gasteiger partial charge >= 0.3 is 0 Å². The van der Waals surface area contributed by atoms with Crippen molar-refractivity contribution in [2.24, 2.45) is 5.73 Å². The van der Waals surface area contributed by atoms with Crippen LogP contribution in [0.1, 0.15) is 11.1 Å². The van der Waals surface area contributed by atoms with E-state index in [1.54, 1.807) is 6.92 Å². The number of nitrogens with two attached hydrogens (primary N) is 1. The Balaban J connectivity index is 2.46. The molecule has 1 saturated heterocycles. The molecule has 0 aromatic heterocycles. The van der Waals surface area contributed by atoms with Crippen LogP contribution in [0.15, 0.2) is 23.1 Å². The number of amides is 1. The van der Waals surface area contributed by atoms with E-state index >= 15 is 0 Å². The highest BCUT2D eigenvalue weighted by atomic mass is 32.2. The zero-order valence-corrected chi connectivity index (χ0v) is 12.4. The molecular formula is C13H16N4O3S. The molecule has 8 heteroatoms. The molecule has 7 nitrogen and oxygen atoms in total.